The molecular formula is C30H28ClFN8O3. The summed E-state index contributed by atoms with van der Waals surface area (Å²) in [6.07, 6.45) is 1.90. The highest BCUT2D eigenvalue weighted by Crippen LogP contribution is 2.32. The molecule has 0 saturated carbocycles. The van der Waals surface area contributed by atoms with Gasteiger partial charge < -0.3 is 15.4 Å². The van der Waals surface area contributed by atoms with Crippen molar-refractivity contribution < 1.29 is 18.7 Å². The molecule has 0 bridgehead atoms. The summed E-state index contributed by atoms with van der Waals surface area (Å²) in [7, 11) is 0. The molecule has 11 nitrogen and oxygen atoms in total. The van der Waals surface area contributed by atoms with Gasteiger partial charge in [0.2, 0.25) is 11.8 Å². The number of nitrogens with zero attached hydrogens (tertiary/aromatic N) is 5. The van der Waals surface area contributed by atoms with Crippen molar-refractivity contribution in [2.75, 3.05) is 16.9 Å². The number of halogens is 2. The van der Waals surface area contributed by atoms with Gasteiger partial charge in [-0.1, -0.05) is 37.6 Å². The predicted molar refractivity (Wildman–Crippen MR) is 164 cm³/mol. The van der Waals surface area contributed by atoms with Crippen LogP contribution in [0, 0.1) is 5.82 Å². The van der Waals surface area contributed by atoms with E-state index in [1.54, 1.807) is 49.2 Å². The maximum Gasteiger partial charge on any atom is 0.247 e. The van der Waals surface area contributed by atoms with Gasteiger partial charge >= 0.3 is 0 Å². The molecule has 0 aliphatic carbocycles. The summed E-state index contributed by atoms with van der Waals surface area (Å²) in [6.45, 7) is 3.82. The van der Waals surface area contributed by atoms with E-state index in [1.165, 1.54) is 18.5 Å². The van der Waals surface area contributed by atoms with Gasteiger partial charge in [0, 0.05) is 23.9 Å². The lowest BCUT2D eigenvalue weighted by Crippen LogP contribution is -2.39. The van der Waals surface area contributed by atoms with Crippen molar-refractivity contribution in [3.05, 3.63) is 83.4 Å². The topological polar surface area (TPSA) is 133 Å². The van der Waals surface area contributed by atoms with Crippen LogP contribution in [0.3, 0.4) is 0 Å². The maximum absolute atomic E-state index is 13.5. The first-order chi connectivity index (χ1) is 20.8. The van der Waals surface area contributed by atoms with Crippen molar-refractivity contribution in [1.29, 1.82) is 0 Å². The largest absolute Gasteiger partial charge is 0.487 e. The van der Waals surface area contributed by atoms with Crippen molar-refractivity contribution in [1.82, 2.24) is 20.8 Å². The van der Waals surface area contributed by atoms with Crippen LogP contribution in [0.25, 0.3) is 10.9 Å². The molecule has 1 aliphatic heterocycles. The number of rotatable bonds is 9. The number of carbonyl (C=O) groups is 2. The summed E-state index contributed by atoms with van der Waals surface area (Å²) in [5.74, 6) is 0.165. The van der Waals surface area contributed by atoms with Crippen LogP contribution in [0.2, 0.25) is 5.02 Å². The molecule has 0 atom stereocenters. The zero-order chi connectivity index (χ0) is 30.3. The third-order valence-electron chi connectivity index (χ3n) is 6.41. The standard InChI is InChI=1S/C30H28ClFN8O3/c1-3-27(41)36-30(37-28(42)4-2)25-15-40(39-38-25)21-9-10-24-22(14-21)29(34-17-33-24)35-20-8-11-26(23(31)13-20)43-16-18-6-5-7-19(32)12-18/h5-14,17,39H,3-4,15-16H2,1-2H3,(H,33,34,35)(H,36,37,41,42). The number of nitrogens with one attached hydrogen (secondary N) is 3. The van der Waals surface area contributed by atoms with E-state index in [9.17, 15) is 14.0 Å². The van der Waals surface area contributed by atoms with Gasteiger partial charge in [-0.25, -0.2) is 19.9 Å². The van der Waals surface area contributed by atoms with Gasteiger partial charge in [-0.05, 0) is 54.1 Å². The van der Waals surface area contributed by atoms with Crippen LogP contribution < -0.4 is 25.9 Å². The molecule has 1 aromatic heterocycles. The molecule has 3 aromatic carbocycles. The number of hydrazone groups is 1. The van der Waals surface area contributed by atoms with Crippen LogP contribution in [-0.2, 0) is 16.2 Å². The second-order valence-electron chi connectivity index (χ2n) is 9.47. The van der Waals surface area contributed by atoms with E-state index in [2.05, 4.69) is 36.2 Å². The van der Waals surface area contributed by atoms with Crippen molar-refractivity contribution in [2.24, 2.45) is 10.1 Å². The number of aliphatic imine (C=N–C) groups is 1. The Morgan fingerprint density at radius 2 is 1.95 bits per heavy atom. The minimum atomic E-state index is -0.364. The summed E-state index contributed by atoms with van der Waals surface area (Å²) in [5.41, 5.74) is 6.15. The Kier molecular flexibility index (Phi) is 9.06. The lowest BCUT2D eigenvalue weighted by molar-refractivity contribution is -0.119. The van der Waals surface area contributed by atoms with E-state index in [4.69, 9.17) is 16.3 Å². The number of amides is 2. The molecule has 43 heavy (non-hydrogen) atoms. The van der Waals surface area contributed by atoms with Gasteiger partial charge in [0.1, 0.15) is 36.0 Å². The van der Waals surface area contributed by atoms with Crippen LogP contribution in [0.15, 0.2) is 77.1 Å². The first kappa shape index (κ1) is 29.4. The summed E-state index contributed by atoms with van der Waals surface area (Å²) in [5, 5.41) is 13.1. The SMILES string of the molecule is CCC(=O)N=C(NC(=O)CC)C1=NNN(c2ccc3ncnc(Nc4ccc(OCc5cccc(F)c5)c(Cl)c4)c3c2)C1. The van der Waals surface area contributed by atoms with Crippen LogP contribution in [0.4, 0.5) is 21.6 Å². The van der Waals surface area contributed by atoms with E-state index in [0.29, 0.717) is 39.1 Å². The van der Waals surface area contributed by atoms with Gasteiger partial charge in [-0.15, -0.1) is 0 Å². The average Bonchev–Trinajstić information content (AvgIpc) is 3.51. The quantitative estimate of drug-likeness (QED) is 0.174. The number of hydrogen-bond donors (Lipinski definition) is 3. The number of fused-ring (bicyclic) bond motifs is 1. The molecule has 1 aliphatic rings. The third-order valence-corrected chi connectivity index (χ3v) is 6.71. The van der Waals surface area contributed by atoms with Gasteiger partial charge in [-0.3, -0.25) is 14.6 Å². The van der Waals surface area contributed by atoms with Gasteiger partial charge in [0.25, 0.3) is 0 Å². The molecule has 3 N–H and O–H groups in total. The Hall–Kier alpha value is -5.10. The average molecular weight is 603 g/mol. The second-order valence-corrected chi connectivity index (χ2v) is 9.87. The van der Waals surface area contributed by atoms with E-state index in [1.807, 2.05) is 18.2 Å². The van der Waals surface area contributed by atoms with Gasteiger partial charge in [-0.2, -0.15) is 10.1 Å². The lowest BCUT2D eigenvalue weighted by Gasteiger charge is -2.18. The van der Waals surface area contributed by atoms with Crippen LogP contribution in [-0.4, -0.2) is 39.9 Å². The van der Waals surface area contributed by atoms with Crippen molar-refractivity contribution in [3.63, 3.8) is 0 Å². The number of anilines is 3. The second kappa shape index (κ2) is 13.3. The Morgan fingerprint density at radius 1 is 1.09 bits per heavy atom. The Morgan fingerprint density at radius 3 is 2.72 bits per heavy atom. The molecule has 2 heterocycles. The van der Waals surface area contributed by atoms with Gasteiger partial charge in [0.05, 0.1) is 22.8 Å². The summed E-state index contributed by atoms with van der Waals surface area (Å²) < 4.78 is 19.3. The fourth-order valence-corrected chi connectivity index (χ4v) is 4.37. The summed E-state index contributed by atoms with van der Waals surface area (Å²) >= 11 is 6.49. The molecule has 13 heteroatoms. The van der Waals surface area contributed by atoms with E-state index in [-0.39, 0.29) is 49.5 Å². The molecule has 0 fully saturated rings. The fraction of sp³-hybridized carbons (Fsp3) is 0.200. The molecule has 2 amide bonds. The minimum Gasteiger partial charge on any atom is -0.487 e. The van der Waals surface area contributed by atoms with E-state index >= 15 is 0 Å². The lowest BCUT2D eigenvalue weighted by atomic mass is 10.2. The molecule has 0 saturated heterocycles. The smallest absolute Gasteiger partial charge is 0.247 e. The molecule has 5 rings (SSSR count). The Labute approximate surface area is 251 Å². The number of ether oxygens (including phenoxy) is 1. The van der Waals surface area contributed by atoms with Crippen LogP contribution in [0.1, 0.15) is 32.3 Å². The number of aromatic nitrogens is 2. The highest BCUT2D eigenvalue weighted by molar-refractivity contribution is 6.46. The first-order valence-electron chi connectivity index (χ1n) is 13.5. The monoisotopic (exact) mass is 602 g/mol. The number of hydrazine groups is 1. The summed E-state index contributed by atoms with van der Waals surface area (Å²) in [4.78, 5) is 36.9. The first-order valence-corrected chi connectivity index (χ1v) is 13.9. The number of amidine groups is 1. The number of benzene rings is 3. The van der Waals surface area contributed by atoms with Crippen molar-refractivity contribution in [3.8, 4) is 5.75 Å². The molecule has 0 spiro atoms. The number of carbonyl (C=O) groups excluding carboxylic acids is 2. The highest BCUT2D eigenvalue weighted by Gasteiger charge is 2.23. The molecular weight excluding hydrogens is 575 g/mol. The molecule has 4 aromatic rings. The van der Waals surface area contributed by atoms with Gasteiger partial charge in [0.15, 0.2) is 5.84 Å². The minimum absolute atomic E-state index is 0.125. The molecule has 220 valence electrons. The predicted octanol–water partition coefficient (Wildman–Crippen LogP) is 5.29. The van der Waals surface area contributed by atoms with Crippen molar-refractivity contribution in [2.45, 2.75) is 33.3 Å². The Balaban J connectivity index is 1.32. The zero-order valence-electron chi connectivity index (χ0n) is 23.4. The highest BCUT2D eigenvalue weighted by atomic mass is 35.5. The number of hydrogen-bond acceptors (Lipinski definition) is 9. The third kappa shape index (κ3) is 7.22. The molecule has 0 unspecified atom stereocenters. The van der Waals surface area contributed by atoms with E-state index < -0.39 is 0 Å². The maximum atomic E-state index is 13.5. The fourth-order valence-electron chi connectivity index (χ4n) is 4.14. The normalized spacial score (nSPS) is 13.0. The Bertz CT molecular complexity index is 1750. The van der Waals surface area contributed by atoms with Crippen LogP contribution >= 0.6 is 11.6 Å². The zero-order valence-corrected chi connectivity index (χ0v) is 24.2. The van der Waals surface area contributed by atoms with Crippen molar-refractivity contribution >= 4 is 63.1 Å². The summed E-state index contributed by atoms with van der Waals surface area (Å²) in [6, 6.07) is 17.0. The van der Waals surface area contributed by atoms with Crippen LogP contribution in [0.5, 0.6) is 5.75 Å². The van der Waals surface area contributed by atoms with E-state index in [0.717, 1.165) is 11.1 Å². The molecule has 0 radical (unpaired) electrons.